The molecule has 0 aliphatic carbocycles. The maximum Gasteiger partial charge on any atom is 0.296 e. The van der Waals surface area contributed by atoms with Gasteiger partial charge >= 0.3 is 0 Å². The molecule has 0 spiro atoms. The third kappa shape index (κ3) is 1.99. The van der Waals surface area contributed by atoms with Crippen LogP contribution in [-0.2, 0) is 0 Å². The molecule has 0 amide bonds. The lowest BCUT2D eigenvalue weighted by Crippen LogP contribution is -1.90. The van der Waals surface area contributed by atoms with E-state index in [1.165, 1.54) is 0 Å². The van der Waals surface area contributed by atoms with Crippen molar-refractivity contribution in [2.75, 3.05) is 0 Å². The zero-order valence-electron chi connectivity index (χ0n) is 5.62. The summed E-state index contributed by atoms with van der Waals surface area (Å²) in [7, 11) is 0. The minimum absolute atomic E-state index is 0.0125. The van der Waals surface area contributed by atoms with Gasteiger partial charge in [0, 0.05) is 4.47 Å². The van der Waals surface area contributed by atoms with Crippen LogP contribution in [0.3, 0.4) is 0 Å². The average molecular weight is 313 g/mol. The van der Waals surface area contributed by atoms with Crippen LogP contribution < -0.4 is 0 Å². The number of nitrogens with zero attached hydrogens (tertiary/aromatic N) is 1. The molecule has 0 aromatic heterocycles. The first-order chi connectivity index (χ1) is 5.52. The van der Waals surface area contributed by atoms with Crippen LogP contribution in [0.4, 0.5) is 5.69 Å². The largest absolute Gasteiger partial charge is 0.296 e. The van der Waals surface area contributed by atoms with Crippen molar-refractivity contribution in [2.45, 2.75) is 4.90 Å². The Morgan fingerprint density at radius 1 is 1.42 bits per heavy atom. The standard InChI is InChI=1S/C6H3Br2NO2S/c7-3-1-4(8)6(9(10)11)5(12)2-3/h1-2,12H. The summed E-state index contributed by atoms with van der Waals surface area (Å²) in [5, 5.41) is 10.5. The molecule has 0 saturated heterocycles. The molecule has 64 valence electrons. The second kappa shape index (κ2) is 3.76. The molecule has 0 aliphatic heterocycles. The van der Waals surface area contributed by atoms with Gasteiger partial charge in [-0.1, -0.05) is 15.9 Å². The third-order valence-corrected chi connectivity index (χ3v) is 2.59. The van der Waals surface area contributed by atoms with E-state index >= 15 is 0 Å². The molecular weight excluding hydrogens is 310 g/mol. The Hall–Kier alpha value is -0.0700. The van der Waals surface area contributed by atoms with Gasteiger partial charge in [0.05, 0.1) is 14.3 Å². The quantitative estimate of drug-likeness (QED) is 0.490. The molecule has 1 aromatic carbocycles. The van der Waals surface area contributed by atoms with E-state index in [9.17, 15) is 10.1 Å². The molecule has 1 aromatic rings. The topological polar surface area (TPSA) is 43.1 Å². The lowest BCUT2D eigenvalue weighted by molar-refractivity contribution is -0.388. The number of halogens is 2. The summed E-state index contributed by atoms with van der Waals surface area (Å²) in [5.74, 6) is 0. The second-order valence-corrected chi connectivity index (χ2v) is 4.26. The average Bonchev–Trinajstić information content (AvgIpc) is 1.82. The van der Waals surface area contributed by atoms with Crippen LogP contribution in [-0.4, -0.2) is 4.92 Å². The Kier molecular flexibility index (Phi) is 3.14. The van der Waals surface area contributed by atoms with Gasteiger partial charge in [-0.3, -0.25) is 10.1 Å². The zero-order chi connectivity index (χ0) is 9.30. The van der Waals surface area contributed by atoms with E-state index in [1.54, 1.807) is 12.1 Å². The van der Waals surface area contributed by atoms with Crippen LogP contribution in [0.1, 0.15) is 0 Å². The van der Waals surface area contributed by atoms with E-state index in [1.807, 2.05) is 0 Å². The SMILES string of the molecule is O=[N+]([O-])c1c(S)cc(Br)cc1Br. The summed E-state index contributed by atoms with van der Waals surface area (Å²) in [6.07, 6.45) is 0. The first-order valence-corrected chi connectivity index (χ1v) is 4.88. The molecule has 0 saturated carbocycles. The van der Waals surface area contributed by atoms with Gasteiger partial charge in [-0.05, 0) is 28.1 Å². The highest BCUT2D eigenvalue weighted by atomic mass is 79.9. The summed E-state index contributed by atoms with van der Waals surface area (Å²) in [6.45, 7) is 0. The van der Waals surface area contributed by atoms with E-state index in [0.717, 1.165) is 4.47 Å². The zero-order valence-corrected chi connectivity index (χ0v) is 9.69. The monoisotopic (exact) mass is 311 g/mol. The van der Waals surface area contributed by atoms with E-state index in [4.69, 9.17) is 0 Å². The molecular formula is C6H3Br2NO2S. The van der Waals surface area contributed by atoms with Crippen molar-refractivity contribution in [1.29, 1.82) is 0 Å². The fourth-order valence-electron chi connectivity index (χ4n) is 0.733. The first kappa shape index (κ1) is 10.0. The van der Waals surface area contributed by atoms with Crippen molar-refractivity contribution in [3.05, 3.63) is 31.2 Å². The number of nitro groups is 1. The lowest BCUT2D eigenvalue weighted by atomic mass is 10.3. The molecule has 0 radical (unpaired) electrons. The summed E-state index contributed by atoms with van der Waals surface area (Å²) in [4.78, 5) is 10.3. The predicted octanol–water partition coefficient (Wildman–Crippen LogP) is 3.41. The fraction of sp³-hybridized carbons (Fsp3) is 0. The fourth-order valence-corrected chi connectivity index (χ4v) is 2.77. The number of hydrogen-bond acceptors (Lipinski definition) is 3. The van der Waals surface area contributed by atoms with Gasteiger partial charge in [-0.2, -0.15) is 0 Å². The molecule has 6 heteroatoms. The Morgan fingerprint density at radius 3 is 2.42 bits per heavy atom. The predicted molar refractivity (Wildman–Crippen MR) is 55.7 cm³/mol. The Balaban J connectivity index is 3.38. The van der Waals surface area contributed by atoms with E-state index in [2.05, 4.69) is 44.5 Å². The maximum absolute atomic E-state index is 10.5. The van der Waals surface area contributed by atoms with Crippen LogP contribution in [0, 0.1) is 10.1 Å². The summed E-state index contributed by atoms with van der Waals surface area (Å²) in [6, 6.07) is 3.18. The third-order valence-electron chi connectivity index (χ3n) is 1.19. The second-order valence-electron chi connectivity index (χ2n) is 2.01. The highest BCUT2D eigenvalue weighted by Crippen LogP contribution is 2.34. The summed E-state index contributed by atoms with van der Waals surface area (Å²) >= 11 is 10.2. The van der Waals surface area contributed by atoms with Gasteiger partial charge in [0.2, 0.25) is 0 Å². The maximum atomic E-state index is 10.5. The molecule has 3 nitrogen and oxygen atoms in total. The molecule has 0 aliphatic rings. The van der Waals surface area contributed by atoms with Crippen molar-refractivity contribution in [3.63, 3.8) is 0 Å². The number of benzene rings is 1. The summed E-state index contributed by atoms with van der Waals surface area (Å²) < 4.78 is 1.18. The van der Waals surface area contributed by atoms with Crippen LogP contribution in [0.25, 0.3) is 0 Å². The van der Waals surface area contributed by atoms with E-state index in [-0.39, 0.29) is 5.69 Å². The normalized spacial score (nSPS) is 9.92. The Morgan fingerprint density at radius 2 is 2.00 bits per heavy atom. The van der Waals surface area contributed by atoms with Gasteiger partial charge in [-0.25, -0.2) is 0 Å². The highest BCUT2D eigenvalue weighted by molar-refractivity contribution is 9.11. The van der Waals surface area contributed by atoms with Crippen LogP contribution >= 0.6 is 44.5 Å². The van der Waals surface area contributed by atoms with Crippen LogP contribution in [0.15, 0.2) is 26.0 Å². The Bertz CT molecular complexity index is 319. The van der Waals surface area contributed by atoms with Gasteiger partial charge in [0.15, 0.2) is 0 Å². The van der Waals surface area contributed by atoms with Crippen molar-refractivity contribution in [3.8, 4) is 0 Å². The van der Waals surface area contributed by atoms with Crippen LogP contribution in [0.2, 0.25) is 0 Å². The van der Waals surface area contributed by atoms with Gasteiger partial charge in [0.25, 0.3) is 5.69 Å². The molecule has 0 heterocycles. The molecule has 1 rings (SSSR count). The minimum atomic E-state index is -0.473. The van der Waals surface area contributed by atoms with Crippen molar-refractivity contribution >= 4 is 50.2 Å². The number of rotatable bonds is 1. The van der Waals surface area contributed by atoms with E-state index in [0.29, 0.717) is 9.37 Å². The molecule has 0 atom stereocenters. The lowest BCUT2D eigenvalue weighted by Gasteiger charge is -1.99. The smallest absolute Gasteiger partial charge is 0.258 e. The minimum Gasteiger partial charge on any atom is -0.258 e. The molecule has 0 fully saturated rings. The molecule has 0 bridgehead atoms. The van der Waals surface area contributed by atoms with Crippen molar-refractivity contribution < 1.29 is 4.92 Å². The van der Waals surface area contributed by atoms with E-state index < -0.39 is 4.92 Å². The number of thiol groups is 1. The first-order valence-electron chi connectivity index (χ1n) is 2.85. The van der Waals surface area contributed by atoms with Crippen molar-refractivity contribution in [1.82, 2.24) is 0 Å². The van der Waals surface area contributed by atoms with Crippen LogP contribution in [0.5, 0.6) is 0 Å². The number of hydrogen-bond donors (Lipinski definition) is 1. The van der Waals surface area contributed by atoms with Crippen molar-refractivity contribution in [2.24, 2.45) is 0 Å². The number of nitro benzene ring substituents is 1. The van der Waals surface area contributed by atoms with Gasteiger partial charge in [-0.15, -0.1) is 12.6 Å². The molecule has 12 heavy (non-hydrogen) atoms. The Labute approximate surface area is 91.0 Å². The van der Waals surface area contributed by atoms with Gasteiger partial charge < -0.3 is 0 Å². The highest BCUT2D eigenvalue weighted by Gasteiger charge is 2.16. The summed E-state index contributed by atoms with van der Waals surface area (Å²) in [5.41, 5.74) is -0.0125. The van der Waals surface area contributed by atoms with Gasteiger partial charge in [0.1, 0.15) is 0 Å². The molecule has 0 unspecified atom stereocenters. The molecule has 0 N–H and O–H groups in total.